The molecule has 1 atom stereocenters. The normalized spacial score (nSPS) is 12.2. The molecule has 3 nitrogen and oxygen atoms in total. The fourth-order valence-corrected chi connectivity index (χ4v) is 2.63. The molecule has 1 heterocycles. The molecule has 1 unspecified atom stereocenters. The van der Waals surface area contributed by atoms with Crippen LogP contribution in [0.5, 0.6) is 0 Å². The molecule has 0 fully saturated rings. The van der Waals surface area contributed by atoms with Crippen LogP contribution < -0.4 is 10.2 Å². The van der Waals surface area contributed by atoms with Gasteiger partial charge < -0.3 is 10.2 Å². The van der Waals surface area contributed by atoms with Gasteiger partial charge in [0.15, 0.2) is 0 Å². The Morgan fingerprint density at radius 1 is 1.33 bits per heavy atom. The maximum atomic E-state index is 6.11. The molecular weight excluding hydrogens is 282 g/mol. The SMILES string of the molecule is CNCc1cnc(C)cc1N(C)C(C)c1cccc(Cl)c1. The second-order valence-electron chi connectivity index (χ2n) is 5.33. The van der Waals surface area contributed by atoms with Crippen LogP contribution in [0.4, 0.5) is 5.69 Å². The third-order valence-corrected chi connectivity index (χ3v) is 3.99. The third kappa shape index (κ3) is 3.74. The van der Waals surface area contributed by atoms with Gasteiger partial charge in [-0.2, -0.15) is 0 Å². The van der Waals surface area contributed by atoms with E-state index in [0.29, 0.717) is 0 Å². The largest absolute Gasteiger partial charge is 0.367 e. The van der Waals surface area contributed by atoms with Crippen LogP contribution in [0, 0.1) is 6.92 Å². The molecule has 2 rings (SSSR count). The highest BCUT2D eigenvalue weighted by Gasteiger charge is 2.16. The summed E-state index contributed by atoms with van der Waals surface area (Å²) in [5.41, 5.74) is 4.62. The molecule has 1 aromatic heterocycles. The van der Waals surface area contributed by atoms with E-state index >= 15 is 0 Å². The second kappa shape index (κ2) is 6.92. The van der Waals surface area contributed by atoms with Crippen molar-refractivity contribution in [3.8, 4) is 0 Å². The van der Waals surface area contributed by atoms with Gasteiger partial charge in [0.25, 0.3) is 0 Å². The number of rotatable bonds is 5. The molecule has 2 aromatic rings. The van der Waals surface area contributed by atoms with Crippen LogP contribution in [0.3, 0.4) is 0 Å². The van der Waals surface area contributed by atoms with E-state index in [-0.39, 0.29) is 6.04 Å². The van der Waals surface area contributed by atoms with Crippen molar-refractivity contribution in [2.45, 2.75) is 26.4 Å². The molecule has 0 bridgehead atoms. The van der Waals surface area contributed by atoms with E-state index in [1.165, 1.54) is 16.8 Å². The van der Waals surface area contributed by atoms with Gasteiger partial charge in [-0.3, -0.25) is 4.98 Å². The zero-order valence-electron chi connectivity index (χ0n) is 13.0. The zero-order valence-corrected chi connectivity index (χ0v) is 13.8. The number of nitrogens with one attached hydrogen (secondary N) is 1. The van der Waals surface area contributed by atoms with E-state index in [0.717, 1.165) is 17.3 Å². The minimum absolute atomic E-state index is 0.237. The van der Waals surface area contributed by atoms with Gasteiger partial charge in [0, 0.05) is 41.8 Å². The number of hydrogen-bond acceptors (Lipinski definition) is 3. The van der Waals surface area contributed by atoms with Gasteiger partial charge in [-0.05, 0) is 44.7 Å². The number of halogens is 1. The van der Waals surface area contributed by atoms with Crippen molar-refractivity contribution in [2.24, 2.45) is 0 Å². The molecule has 1 aromatic carbocycles. The van der Waals surface area contributed by atoms with Crippen LogP contribution >= 0.6 is 11.6 Å². The minimum Gasteiger partial charge on any atom is -0.367 e. The number of anilines is 1. The van der Waals surface area contributed by atoms with Crippen molar-refractivity contribution in [1.82, 2.24) is 10.3 Å². The summed E-state index contributed by atoms with van der Waals surface area (Å²) in [4.78, 5) is 6.67. The maximum absolute atomic E-state index is 6.11. The third-order valence-electron chi connectivity index (χ3n) is 3.76. The van der Waals surface area contributed by atoms with Gasteiger partial charge in [-0.15, -0.1) is 0 Å². The van der Waals surface area contributed by atoms with Crippen LogP contribution in [0.2, 0.25) is 5.02 Å². The molecule has 1 N–H and O–H groups in total. The summed E-state index contributed by atoms with van der Waals surface area (Å²) in [5, 5.41) is 3.97. The van der Waals surface area contributed by atoms with Crippen molar-refractivity contribution in [3.63, 3.8) is 0 Å². The van der Waals surface area contributed by atoms with Crippen LogP contribution in [-0.2, 0) is 6.54 Å². The van der Waals surface area contributed by atoms with Crippen molar-refractivity contribution in [3.05, 3.63) is 58.4 Å². The van der Waals surface area contributed by atoms with Crippen LogP contribution in [0.25, 0.3) is 0 Å². The molecule has 0 aliphatic rings. The van der Waals surface area contributed by atoms with Crippen LogP contribution in [0.1, 0.15) is 29.8 Å². The lowest BCUT2D eigenvalue weighted by atomic mass is 10.1. The maximum Gasteiger partial charge on any atom is 0.0511 e. The molecule has 21 heavy (non-hydrogen) atoms. The van der Waals surface area contributed by atoms with Gasteiger partial charge in [0.1, 0.15) is 0 Å². The first-order valence-corrected chi connectivity index (χ1v) is 7.49. The summed E-state index contributed by atoms with van der Waals surface area (Å²) in [6, 6.07) is 10.4. The lowest BCUT2D eigenvalue weighted by molar-refractivity contribution is 0.724. The summed E-state index contributed by atoms with van der Waals surface area (Å²) in [6.45, 7) is 5.00. The average Bonchev–Trinajstić information content (AvgIpc) is 2.48. The number of benzene rings is 1. The first kappa shape index (κ1) is 15.8. The summed E-state index contributed by atoms with van der Waals surface area (Å²) in [5.74, 6) is 0. The van der Waals surface area contributed by atoms with Crippen molar-refractivity contribution in [2.75, 3.05) is 19.0 Å². The lowest BCUT2D eigenvalue weighted by Crippen LogP contribution is -2.24. The Morgan fingerprint density at radius 3 is 2.76 bits per heavy atom. The number of aromatic nitrogens is 1. The lowest BCUT2D eigenvalue weighted by Gasteiger charge is -2.29. The van der Waals surface area contributed by atoms with Gasteiger partial charge in [-0.1, -0.05) is 23.7 Å². The molecule has 4 heteroatoms. The van der Waals surface area contributed by atoms with E-state index in [1.54, 1.807) is 0 Å². The molecular formula is C17H22ClN3. The molecule has 0 radical (unpaired) electrons. The first-order chi connectivity index (χ1) is 10.0. The van der Waals surface area contributed by atoms with E-state index in [9.17, 15) is 0 Å². The average molecular weight is 304 g/mol. The molecule has 112 valence electrons. The van der Waals surface area contributed by atoms with E-state index in [1.807, 2.05) is 38.4 Å². The van der Waals surface area contributed by atoms with Gasteiger partial charge >= 0.3 is 0 Å². The van der Waals surface area contributed by atoms with Crippen molar-refractivity contribution < 1.29 is 0 Å². The Bertz CT molecular complexity index is 613. The Labute approximate surface area is 132 Å². The molecule has 0 spiro atoms. The van der Waals surface area contributed by atoms with Gasteiger partial charge in [-0.25, -0.2) is 0 Å². The highest BCUT2D eigenvalue weighted by atomic mass is 35.5. The van der Waals surface area contributed by atoms with E-state index in [4.69, 9.17) is 11.6 Å². The van der Waals surface area contributed by atoms with Crippen molar-refractivity contribution >= 4 is 17.3 Å². The molecule has 0 aliphatic carbocycles. The zero-order chi connectivity index (χ0) is 15.4. The Balaban J connectivity index is 2.34. The summed E-state index contributed by atoms with van der Waals surface area (Å²) in [6.07, 6.45) is 1.95. The number of aryl methyl sites for hydroxylation is 1. The number of hydrogen-bond donors (Lipinski definition) is 1. The Kier molecular flexibility index (Phi) is 5.21. The fourth-order valence-electron chi connectivity index (χ4n) is 2.43. The number of nitrogens with zero attached hydrogens (tertiary/aromatic N) is 2. The highest BCUT2D eigenvalue weighted by molar-refractivity contribution is 6.30. The fraction of sp³-hybridized carbons (Fsp3) is 0.353. The predicted molar refractivity (Wildman–Crippen MR) is 90.0 cm³/mol. The van der Waals surface area contributed by atoms with Crippen LogP contribution in [0.15, 0.2) is 36.5 Å². The molecule has 0 saturated carbocycles. The molecule has 0 amide bonds. The standard InChI is InChI=1S/C17H22ClN3/c1-12-8-17(15(10-19-3)11-20-12)21(4)13(2)14-6-5-7-16(18)9-14/h5-9,11,13,19H,10H2,1-4H3. The minimum atomic E-state index is 0.237. The van der Waals surface area contributed by atoms with E-state index in [2.05, 4.69) is 41.3 Å². The Hall–Kier alpha value is -1.58. The van der Waals surface area contributed by atoms with Gasteiger partial charge in [0.05, 0.1) is 6.04 Å². The van der Waals surface area contributed by atoms with Gasteiger partial charge in [0.2, 0.25) is 0 Å². The molecule has 0 saturated heterocycles. The van der Waals surface area contributed by atoms with Crippen molar-refractivity contribution in [1.29, 1.82) is 0 Å². The quantitative estimate of drug-likeness (QED) is 0.906. The summed E-state index contributed by atoms with van der Waals surface area (Å²) in [7, 11) is 4.06. The highest BCUT2D eigenvalue weighted by Crippen LogP contribution is 2.29. The summed E-state index contributed by atoms with van der Waals surface area (Å²) >= 11 is 6.11. The monoisotopic (exact) mass is 303 g/mol. The second-order valence-corrected chi connectivity index (χ2v) is 5.76. The number of pyridine rings is 1. The Morgan fingerprint density at radius 2 is 2.10 bits per heavy atom. The first-order valence-electron chi connectivity index (χ1n) is 7.11. The van der Waals surface area contributed by atoms with E-state index < -0.39 is 0 Å². The van der Waals surface area contributed by atoms with Crippen LogP contribution in [-0.4, -0.2) is 19.1 Å². The molecule has 0 aliphatic heterocycles. The smallest absolute Gasteiger partial charge is 0.0511 e. The predicted octanol–water partition coefficient (Wildman–Crippen LogP) is 3.96. The summed E-state index contributed by atoms with van der Waals surface area (Å²) < 4.78 is 0. The topological polar surface area (TPSA) is 28.2 Å².